The van der Waals surface area contributed by atoms with Crippen molar-refractivity contribution < 1.29 is 27.1 Å². The number of aliphatic hydroxyl groups excluding tert-OH is 1. The minimum Gasteiger partial charge on any atom is -0.390 e. The van der Waals surface area contributed by atoms with Crippen molar-refractivity contribution in [3.63, 3.8) is 0 Å². The van der Waals surface area contributed by atoms with Gasteiger partial charge in [-0.25, -0.2) is 21.5 Å². The Balaban J connectivity index is 1.79. The molecule has 1 aliphatic rings. The minimum absolute atomic E-state index is 0.0154. The molecule has 38 heavy (non-hydrogen) atoms. The molecule has 0 spiro atoms. The number of carbonyl (C=O) groups excluding carboxylic acids is 1. The Bertz CT molecular complexity index is 1210. The number of rotatable bonds is 11. The molecule has 1 fully saturated rings. The number of carbonyl (C=O) groups is 1. The average Bonchev–Trinajstić information content (AvgIpc) is 2.71. The van der Waals surface area contributed by atoms with Crippen LogP contribution in [0.3, 0.4) is 0 Å². The van der Waals surface area contributed by atoms with Crippen LogP contribution in [0.5, 0.6) is 0 Å². The third kappa shape index (κ3) is 8.83. The van der Waals surface area contributed by atoms with Crippen LogP contribution in [0.4, 0.5) is 8.78 Å². The molecular formula is C28H39F2N3O4S. The molecule has 2 aromatic rings. The van der Waals surface area contributed by atoms with E-state index in [2.05, 4.69) is 43.5 Å². The van der Waals surface area contributed by atoms with Crippen LogP contribution in [0.1, 0.15) is 50.4 Å². The molecule has 1 amide bonds. The van der Waals surface area contributed by atoms with Crippen LogP contribution in [-0.2, 0) is 27.7 Å². The average molecular weight is 552 g/mol. The van der Waals surface area contributed by atoms with Gasteiger partial charge in [0.1, 0.15) is 11.6 Å². The van der Waals surface area contributed by atoms with Gasteiger partial charge in [0.05, 0.1) is 18.4 Å². The molecule has 1 heterocycles. The molecule has 3 unspecified atom stereocenters. The summed E-state index contributed by atoms with van der Waals surface area (Å²) in [6.07, 6.45) is 1.02. The summed E-state index contributed by atoms with van der Waals surface area (Å²) in [6.45, 7) is 8.59. The summed E-state index contributed by atoms with van der Waals surface area (Å²) in [5.74, 6) is -1.85. The number of hydrogen-bond donors (Lipinski definition) is 3. The van der Waals surface area contributed by atoms with Gasteiger partial charge in [-0.1, -0.05) is 45.0 Å². The fraction of sp³-hybridized carbons (Fsp3) is 0.536. The quantitative estimate of drug-likeness (QED) is 0.399. The second-order valence-corrected chi connectivity index (χ2v) is 13.5. The van der Waals surface area contributed by atoms with Crippen LogP contribution >= 0.6 is 0 Å². The van der Waals surface area contributed by atoms with Crippen LogP contribution in [0.25, 0.3) is 0 Å². The number of aliphatic hydroxyl groups is 1. The fourth-order valence-corrected chi connectivity index (χ4v) is 5.86. The van der Waals surface area contributed by atoms with E-state index in [1.54, 1.807) is 0 Å². The molecule has 0 bridgehead atoms. The maximum atomic E-state index is 13.7. The zero-order valence-electron chi connectivity index (χ0n) is 22.7. The Kier molecular flexibility index (Phi) is 9.67. The van der Waals surface area contributed by atoms with Gasteiger partial charge in [0.25, 0.3) is 0 Å². The van der Waals surface area contributed by atoms with E-state index in [1.807, 2.05) is 12.1 Å². The van der Waals surface area contributed by atoms with E-state index in [1.165, 1.54) is 29.6 Å². The van der Waals surface area contributed by atoms with Gasteiger partial charge in [0.15, 0.2) is 0 Å². The molecule has 3 N–H and O–H groups in total. The molecule has 2 aromatic carbocycles. The number of nitrogens with zero attached hydrogens (tertiary/aromatic N) is 1. The molecule has 3 atom stereocenters. The van der Waals surface area contributed by atoms with Crippen molar-refractivity contribution in [2.45, 2.75) is 58.7 Å². The van der Waals surface area contributed by atoms with Gasteiger partial charge in [0.2, 0.25) is 15.9 Å². The first kappa shape index (κ1) is 30.1. The molecule has 0 saturated carbocycles. The summed E-state index contributed by atoms with van der Waals surface area (Å²) < 4.78 is 52.8. The Morgan fingerprint density at radius 1 is 1.11 bits per heavy atom. The molecule has 7 nitrogen and oxygen atoms in total. The van der Waals surface area contributed by atoms with Crippen LogP contribution < -0.4 is 10.6 Å². The van der Waals surface area contributed by atoms with Crippen LogP contribution in [0.15, 0.2) is 42.5 Å². The van der Waals surface area contributed by atoms with Crippen molar-refractivity contribution in [2.75, 3.05) is 25.9 Å². The van der Waals surface area contributed by atoms with Crippen LogP contribution in [0.2, 0.25) is 0 Å². The summed E-state index contributed by atoms with van der Waals surface area (Å²) in [6, 6.07) is 10.2. The van der Waals surface area contributed by atoms with Crippen molar-refractivity contribution in [2.24, 2.45) is 11.3 Å². The fourth-order valence-electron chi connectivity index (χ4n) is 4.93. The summed E-state index contributed by atoms with van der Waals surface area (Å²) >= 11 is 0. The molecule has 0 aromatic heterocycles. The predicted octanol–water partition coefficient (Wildman–Crippen LogP) is 3.18. The Morgan fingerprint density at radius 2 is 1.74 bits per heavy atom. The highest BCUT2D eigenvalue weighted by molar-refractivity contribution is 7.88. The van der Waals surface area contributed by atoms with Gasteiger partial charge < -0.3 is 15.7 Å². The van der Waals surface area contributed by atoms with E-state index in [0.717, 1.165) is 23.6 Å². The maximum Gasteiger partial charge on any atom is 0.217 e. The van der Waals surface area contributed by atoms with Gasteiger partial charge >= 0.3 is 0 Å². The topological polar surface area (TPSA) is 98.7 Å². The van der Waals surface area contributed by atoms with Gasteiger partial charge in [-0.05, 0) is 47.1 Å². The lowest BCUT2D eigenvalue weighted by molar-refractivity contribution is -0.120. The van der Waals surface area contributed by atoms with Crippen molar-refractivity contribution in [3.05, 3.63) is 70.8 Å². The van der Waals surface area contributed by atoms with E-state index < -0.39 is 33.8 Å². The third-order valence-electron chi connectivity index (χ3n) is 6.64. The molecule has 210 valence electrons. The van der Waals surface area contributed by atoms with Crippen molar-refractivity contribution >= 4 is 15.9 Å². The van der Waals surface area contributed by atoms with Gasteiger partial charge in [0, 0.05) is 44.6 Å². The summed E-state index contributed by atoms with van der Waals surface area (Å²) in [5.41, 5.74) is 2.55. The smallest absolute Gasteiger partial charge is 0.217 e. The van der Waals surface area contributed by atoms with Crippen LogP contribution in [0, 0.1) is 23.0 Å². The molecule has 10 heteroatoms. The highest BCUT2D eigenvalue weighted by Gasteiger charge is 2.39. The highest BCUT2D eigenvalue weighted by Crippen LogP contribution is 2.33. The zero-order chi connectivity index (χ0) is 28.3. The first-order valence-electron chi connectivity index (χ1n) is 12.8. The Hall–Kier alpha value is -2.40. The van der Waals surface area contributed by atoms with E-state index in [4.69, 9.17) is 0 Å². The predicted molar refractivity (Wildman–Crippen MR) is 144 cm³/mol. The second-order valence-electron chi connectivity index (χ2n) is 11.6. The largest absolute Gasteiger partial charge is 0.390 e. The molecular weight excluding hydrogens is 512 g/mol. The monoisotopic (exact) mass is 551 g/mol. The first-order valence-corrected chi connectivity index (χ1v) is 14.6. The number of amides is 1. The van der Waals surface area contributed by atoms with Crippen molar-refractivity contribution in [1.82, 2.24) is 14.9 Å². The lowest BCUT2D eigenvalue weighted by Gasteiger charge is -2.42. The zero-order valence-corrected chi connectivity index (χ0v) is 23.5. The van der Waals surface area contributed by atoms with E-state index in [0.29, 0.717) is 18.7 Å². The summed E-state index contributed by atoms with van der Waals surface area (Å²) in [5, 5.41) is 17.1. The first-order chi connectivity index (χ1) is 17.6. The maximum absolute atomic E-state index is 13.7. The number of halogens is 2. The lowest BCUT2D eigenvalue weighted by Crippen LogP contribution is -2.55. The van der Waals surface area contributed by atoms with E-state index >= 15 is 0 Å². The van der Waals surface area contributed by atoms with Crippen molar-refractivity contribution in [3.8, 4) is 0 Å². The summed E-state index contributed by atoms with van der Waals surface area (Å²) in [7, 11) is -3.30. The number of sulfonamides is 1. The lowest BCUT2D eigenvalue weighted by atomic mass is 9.84. The Labute approximate surface area is 224 Å². The van der Waals surface area contributed by atoms with Gasteiger partial charge in [-0.3, -0.25) is 4.79 Å². The normalized spacial score (nSPS) is 17.5. The highest BCUT2D eigenvalue weighted by atomic mass is 32.2. The van der Waals surface area contributed by atoms with Crippen LogP contribution in [-0.4, -0.2) is 61.8 Å². The van der Waals surface area contributed by atoms with Gasteiger partial charge in [-0.15, -0.1) is 0 Å². The third-order valence-corrected chi connectivity index (χ3v) is 7.88. The molecule has 0 radical (unpaired) electrons. The molecule has 3 rings (SSSR count). The van der Waals surface area contributed by atoms with Crippen molar-refractivity contribution in [1.29, 1.82) is 0 Å². The molecule has 0 aliphatic carbocycles. The van der Waals surface area contributed by atoms with E-state index in [9.17, 15) is 27.1 Å². The van der Waals surface area contributed by atoms with Gasteiger partial charge in [-0.2, -0.15) is 0 Å². The van der Waals surface area contributed by atoms with E-state index in [-0.39, 0.29) is 36.2 Å². The number of hydrogen-bond acceptors (Lipinski definition) is 5. The summed E-state index contributed by atoms with van der Waals surface area (Å²) in [4.78, 5) is 11.8. The molecule has 1 saturated heterocycles. The Morgan fingerprint density at radius 3 is 2.29 bits per heavy atom. The molecule has 1 aliphatic heterocycles. The number of nitrogens with one attached hydrogen (secondary N) is 2. The standard InChI is InChI=1S/C28H39F2N3O4S/c1-18(34)32-25(12-20-10-23(29)13-24(30)11-20)26(35)15-31-27(22-16-33(17-22)38(5,36)37)21-8-6-7-19(9-21)14-28(2,3)4/h6-11,13,22,25-27,31,35H,12,14-17H2,1-5H3,(H,32,34). The minimum atomic E-state index is -3.30. The second kappa shape index (κ2) is 12.2. The SMILES string of the molecule is CC(=O)NC(Cc1cc(F)cc(F)c1)C(O)CNC(c1cccc(CC(C)(C)C)c1)C1CN(S(C)(=O)=O)C1. The number of benzene rings is 2.